The number of hydrogen-bond donors (Lipinski definition) is 0. The van der Waals surface area contributed by atoms with E-state index in [2.05, 4.69) is 31.1 Å². The standard InChI is InChI=1S/C13H16Si/c1-14(2,3)12-8-7-11-13-9-5-4-6-10-13/h4-7,9-11H,1-3H3/b11-7-/i7D. The zero-order chi connectivity index (χ0) is 11.3. The summed E-state index contributed by atoms with van der Waals surface area (Å²) in [5.41, 5.74) is 4.21. The Bertz CT molecular complexity index is 402. The van der Waals surface area contributed by atoms with E-state index in [0.29, 0.717) is 6.05 Å². The summed E-state index contributed by atoms with van der Waals surface area (Å²) in [5.74, 6) is 2.91. The Hall–Kier alpha value is -1.26. The van der Waals surface area contributed by atoms with Gasteiger partial charge in [-0.15, -0.1) is 5.54 Å². The van der Waals surface area contributed by atoms with Gasteiger partial charge in [0.15, 0.2) is 0 Å². The summed E-state index contributed by atoms with van der Waals surface area (Å²) >= 11 is 0. The fourth-order valence-electron chi connectivity index (χ4n) is 0.892. The molecule has 72 valence electrons. The second-order valence-electron chi connectivity index (χ2n) is 4.20. The zero-order valence-electron chi connectivity index (χ0n) is 9.96. The maximum atomic E-state index is 7.70. The van der Waals surface area contributed by atoms with E-state index in [1.165, 1.54) is 0 Å². The molecule has 1 heteroatoms. The topological polar surface area (TPSA) is 0 Å². The summed E-state index contributed by atoms with van der Waals surface area (Å²) in [4.78, 5) is 0. The van der Waals surface area contributed by atoms with Crippen LogP contribution in [0.5, 0.6) is 0 Å². The minimum absolute atomic E-state index is 0.392. The van der Waals surface area contributed by atoms with E-state index in [1.807, 2.05) is 30.3 Å². The summed E-state index contributed by atoms with van der Waals surface area (Å²) in [5, 5.41) is 0. The van der Waals surface area contributed by atoms with Gasteiger partial charge in [0, 0.05) is 0 Å². The Morgan fingerprint density at radius 3 is 2.43 bits per heavy atom. The molecule has 0 radical (unpaired) electrons. The molecule has 0 N–H and O–H groups in total. The summed E-state index contributed by atoms with van der Waals surface area (Å²) in [6.45, 7) is 6.53. The number of hydrogen-bond acceptors (Lipinski definition) is 0. The van der Waals surface area contributed by atoms with Crippen molar-refractivity contribution in [2.24, 2.45) is 0 Å². The third-order valence-electron chi connectivity index (χ3n) is 1.55. The molecule has 1 aromatic carbocycles. The summed E-state index contributed by atoms with van der Waals surface area (Å²) < 4.78 is 7.70. The van der Waals surface area contributed by atoms with Crippen LogP contribution in [0.3, 0.4) is 0 Å². The van der Waals surface area contributed by atoms with E-state index in [0.717, 1.165) is 5.56 Å². The van der Waals surface area contributed by atoms with Crippen molar-refractivity contribution >= 4 is 14.1 Å². The predicted octanol–water partition coefficient (Wildman–Crippen LogP) is 3.58. The molecule has 0 unspecified atom stereocenters. The van der Waals surface area contributed by atoms with Gasteiger partial charge in [0.25, 0.3) is 0 Å². The molecule has 0 bridgehead atoms. The molecule has 1 rings (SSSR count). The molecule has 14 heavy (non-hydrogen) atoms. The van der Waals surface area contributed by atoms with Crippen LogP contribution in [-0.4, -0.2) is 8.07 Å². The molecular formula is C13H16Si. The van der Waals surface area contributed by atoms with Crippen LogP contribution < -0.4 is 0 Å². The van der Waals surface area contributed by atoms with Crippen molar-refractivity contribution in [3.8, 4) is 11.5 Å². The van der Waals surface area contributed by atoms with Gasteiger partial charge in [-0.1, -0.05) is 55.9 Å². The molecule has 0 fully saturated rings. The van der Waals surface area contributed by atoms with Crippen molar-refractivity contribution in [3.63, 3.8) is 0 Å². The van der Waals surface area contributed by atoms with Gasteiger partial charge in [0.05, 0.1) is 1.37 Å². The van der Waals surface area contributed by atoms with Crippen molar-refractivity contribution in [2.45, 2.75) is 19.6 Å². The van der Waals surface area contributed by atoms with Crippen LogP contribution in [0.2, 0.25) is 19.6 Å². The van der Waals surface area contributed by atoms with Crippen LogP contribution in [0.4, 0.5) is 0 Å². The van der Waals surface area contributed by atoms with E-state index in [9.17, 15) is 0 Å². The molecule has 0 aliphatic heterocycles. The monoisotopic (exact) mass is 201 g/mol. The quantitative estimate of drug-likeness (QED) is 0.481. The molecule has 0 nitrogen and oxygen atoms in total. The lowest BCUT2D eigenvalue weighted by atomic mass is 10.2. The molecule has 0 heterocycles. The van der Waals surface area contributed by atoms with Crippen molar-refractivity contribution < 1.29 is 1.37 Å². The Morgan fingerprint density at radius 1 is 1.21 bits per heavy atom. The van der Waals surface area contributed by atoms with Crippen molar-refractivity contribution in [1.29, 1.82) is 0 Å². The Labute approximate surface area is 89.1 Å². The SMILES string of the molecule is [2H]/C(C#C[Si](C)(C)C)=C/c1ccccc1. The number of benzene rings is 1. The first-order valence-corrected chi connectivity index (χ1v) is 8.24. The predicted molar refractivity (Wildman–Crippen MR) is 66.6 cm³/mol. The van der Waals surface area contributed by atoms with E-state index in [4.69, 9.17) is 1.37 Å². The molecule has 0 aliphatic carbocycles. The van der Waals surface area contributed by atoms with Crippen LogP contribution in [-0.2, 0) is 0 Å². The van der Waals surface area contributed by atoms with Gasteiger partial charge < -0.3 is 0 Å². The highest BCUT2D eigenvalue weighted by Gasteiger charge is 2.06. The average Bonchev–Trinajstić information content (AvgIpc) is 2.15. The molecule has 0 saturated heterocycles. The van der Waals surface area contributed by atoms with E-state index < -0.39 is 8.07 Å². The van der Waals surface area contributed by atoms with Crippen LogP contribution in [0, 0.1) is 11.5 Å². The lowest BCUT2D eigenvalue weighted by molar-refractivity contribution is 1.66. The Balaban J connectivity index is 2.81. The van der Waals surface area contributed by atoms with Crippen LogP contribution in [0.15, 0.2) is 36.4 Å². The third-order valence-corrected chi connectivity index (χ3v) is 2.42. The average molecular weight is 201 g/mol. The van der Waals surface area contributed by atoms with Crippen molar-refractivity contribution in [3.05, 3.63) is 41.9 Å². The van der Waals surface area contributed by atoms with Crippen molar-refractivity contribution in [1.82, 2.24) is 0 Å². The first kappa shape index (κ1) is 9.30. The smallest absolute Gasteiger partial charge is 0.127 e. The molecule has 1 aromatic rings. The molecule has 0 atom stereocenters. The summed E-state index contributed by atoms with van der Waals surface area (Å²) in [6, 6.07) is 10.2. The highest BCUT2D eigenvalue weighted by Crippen LogP contribution is 2.00. The maximum absolute atomic E-state index is 7.70. The molecule has 0 amide bonds. The largest absolute Gasteiger partial charge is 0.129 e. The minimum Gasteiger partial charge on any atom is -0.127 e. The lowest BCUT2D eigenvalue weighted by Crippen LogP contribution is -2.16. The van der Waals surface area contributed by atoms with Gasteiger partial charge >= 0.3 is 0 Å². The Kier molecular flexibility index (Phi) is 3.21. The van der Waals surface area contributed by atoms with Gasteiger partial charge in [-0.05, 0) is 17.7 Å². The van der Waals surface area contributed by atoms with Crippen LogP contribution in [0.25, 0.3) is 6.08 Å². The molecule has 0 aromatic heterocycles. The van der Waals surface area contributed by atoms with Gasteiger partial charge in [-0.25, -0.2) is 0 Å². The fraction of sp³-hybridized carbons (Fsp3) is 0.231. The van der Waals surface area contributed by atoms with Crippen LogP contribution >= 0.6 is 0 Å². The van der Waals surface area contributed by atoms with E-state index in [-0.39, 0.29) is 0 Å². The Morgan fingerprint density at radius 2 is 1.86 bits per heavy atom. The van der Waals surface area contributed by atoms with Crippen LogP contribution in [0.1, 0.15) is 6.93 Å². The fourth-order valence-corrected chi connectivity index (χ4v) is 1.34. The van der Waals surface area contributed by atoms with Gasteiger partial charge in [0.1, 0.15) is 8.07 Å². The van der Waals surface area contributed by atoms with Gasteiger partial charge in [-0.3, -0.25) is 0 Å². The lowest BCUT2D eigenvalue weighted by Gasteiger charge is -2.02. The molecular weight excluding hydrogens is 184 g/mol. The summed E-state index contributed by atoms with van der Waals surface area (Å²) in [6.07, 6.45) is 1.80. The normalized spacial score (nSPS) is 12.8. The maximum Gasteiger partial charge on any atom is 0.129 e. The zero-order valence-corrected chi connectivity index (χ0v) is 9.96. The number of allylic oxidation sites excluding steroid dienone is 1. The van der Waals surface area contributed by atoms with Gasteiger partial charge in [0.2, 0.25) is 0 Å². The first-order valence-electron chi connectivity index (χ1n) is 5.24. The second kappa shape index (κ2) is 4.83. The first-order chi connectivity index (χ1) is 6.97. The second-order valence-corrected chi connectivity index (χ2v) is 8.95. The van der Waals surface area contributed by atoms with E-state index >= 15 is 0 Å². The van der Waals surface area contributed by atoms with E-state index in [1.54, 1.807) is 6.08 Å². The highest BCUT2D eigenvalue weighted by molar-refractivity contribution is 6.83. The molecule has 0 spiro atoms. The molecule has 0 saturated carbocycles. The summed E-state index contributed by atoms with van der Waals surface area (Å²) in [7, 11) is -1.36. The third kappa shape index (κ3) is 4.69. The molecule has 0 aliphatic rings. The van der Waals surface area contributed by atoms with Gasteiger partial charge in [-0.2, -0.15) is 0 Å². The van der Waals surface area contributed by atoms with Crippen molar-refractivity contribution in [2.75, 3.05) is 0 Å². The minimum atomic E-state index is -1.36. The highest BCUT2D eigenvalue weighted by atomic mass is 28.3. The number of rotatable bonds is 1.